The topological polar surface area (TPSA) is 196 Å². The predicted octanol–water partition coefficient (Wildman–Crippen LogP) is 3.56. The van der Waals surface area contributed by atoms with Gasteiger partial charge in [-0.2, -0.15) is 9.29 Å². The van der Waals surface area contributed by atoms with Gasteiger partial charge in [-0.15, -0.1) is 0 Å². The fourth-order valence-corrected chi connectivity index (χ4v) is 5.40. The molecule has 0 spiro atoms. The molecule has 2 bridgehead atoms. The molecule has 0 fully saturated rings. The van der Waals surface area contributed by atoms with Crippen molar-refractivity contribution in [2.24, 2.45) is 0 Å². The molecule has 1 amide bonds. The van der Waals surface area contributed by atoms with E-state index in [9.17, 15) is 23.7 Å². The monoisotopic (exact) mass is 514 g/mol. The van der Waals surface area contributed by atoms with Gasteiger partial charge in [0.2, 0.25) is 11.7 Å². The van der Waals surface area contributed by atoms with Gasteiger partial charge in [-0.1, -0.05) is 24.2 Å². The van der Waals surface area contributed by atoms with Crippen LogP contribution in [0.2, 0.25) is 0 Å². The molecule has 0 aliphatic carbocycles. The normalized spacial score (nSPS) is 17.4. The molecule has 1 aromatic carbocycles. The maximum atomic E-state index is 13.0. The minimum atomic E-state index is -5.25. The summed E-state index contributed by atoms with van der Waals surface area (Å²) in [4.78, 5) is 35.1. The summed E-state index contributed by atoms with van der Waals surface area (Å²) in [5.74, 6) is -0.697. The van der Waals surface area contributed by atoms with Gasteiger partial charge in [0.1, 0.15) is 17.1 Å². The Morgan fingerprint density at radius 2 is 1.91 bits per heavy atom. The molecule has 1 unspecified atom stereocenters. The number of phosphoric ester groups is 1. The predicted molar refractivity (Wildman–Crippen MR) is 114 cm³/mol. The molecule has 182 valence electrons. The zero-order valence-electron chi connectivity index (χ0n) is 18.3. The van der Waals surface area contributed by atoms with Crippen LogP contribution in [0.5, 0.6) is 11.5 Å². The van der Waals surface area contributed by atoms with Crippen molar-refractivity contribution in [3.05, 3.63) is 29.3 Å². The average Bonchev–Trinajstić information content (AvgIpc) is 3.32. The van der Waals surface area contributed by atoms with Gasteiger partial charge in [0.25, 0.3) is 5.91 Å². The molecule has 1 atom stereocenters. The van der Waals surface area contributed by atoms with Crippen LogP contribution in [0.3, 0.4) is 0 Å². The Morgan fingerprint density at radius 1 is 1.21 bits per heavy atom. The lowest BCUT2D eigenvalue weighted by atomic mass is 9.96. The number of nitrogens with one attached hydrogen (secondary N) is 1. The van der Waals surface area contributed by atoms with Gasteiger partial charge in [-0.3, -0.25) is 4.79 Å². The molecule has 1 aliphatic rings. The van der Waals surface area contributed by atoms with Crippen molar-refractivity contribution in [3.63, 3.8) is 0 Å². The summed E-state index contributed by atoms with van der Waals surface area (Å²) in [7, 11) is -10.0. The maximum Gasteiger partial charge on any atom is 0.596 e. The number of aryl methyl sites for hydroxylation is 1. The first-order valence-corrected chi connectivity index (χ1v) is 12.9. The van der Waals surface area contributed by atoms with Gasteiger partial charge >= 0.3 is 15.6 Å². The summed E-state index contributed by atoms with van der Waals surface area (Å²) >= 11 is 0. The van der Waals surface area contributed by atoms with Gasteiger partial charge < -0.3 is 33.2 Å². The minimum absolute atomic E-state index is 0.000846. The first-order chi connectivity index (χ1) is 15.9. The highest BCUT2D eigenvalue weighted by Crippen LogP contribution is 2.64. The highest BCUT2D eigenvalue weighted by Gasteiger charge is 2.44. The van der Waals surface area contributed by atoms with Crippen LogP contribution in [0, 0.1) is 6.92 Å². The van der Waals surface area contributed by atoms with Gasteiger partial charge in [0.15, 0.2) is 11.5 Å². The van der Waals surface area contributed by atoms with E-state index in [1.807, 2.05) is 13.8 Å². The first kappa shape index (κ1) is 24.1. The standard InChI is InChI=1S/C18H20N4O10P2/c1-5-19-18(23)15-14(17-20-9(4)28-22-17)16(29-21-15)11-6-10(8(2)3)12-7-13(11)31-34(27,30-12)32-33(24,25)26/h6-8H,5H2,1-4H3,(H,19,23)(H2,24,25,26). The number of rotatable bonds is 7. The van der Waals surface area contributed by atoms with E-state index >= 15 is 0 Å². The number of nitrogens with zero attached hydrogens (tertiary/aromatic N) is 3. The molecule has 16 heteroatoms. The first-order valence-electron chi connectivity index (χ1n) is 9.93. The maximum absolute atomic E-state index is 13.0. The smallest absolute Gasteiger partial charge is 0.394 e. The fraction of sp³-hybridized carbons (Fsp3) is 0.333. The number of amides is 1. The molecule has 3 heterocycles. The molecule has 0 saturated heterocycles. The Hall–Kier alpha value is -3.02. The van der Waals surface area contributed by atoms with Crippen molar-refractivity contribution in [1.29, 1.82) is 0 Å². The largest absolute Gasteiger partial charge is 0.596 e. The average molecular weight is 514 g/mol. The lowest BCUT2D eigenvalue weighted by Crippen LogP contribution is -2.23. The third-order valence-corrected chi connectivity index (χ3v) is 7.09. The molecule has 3 aromatic rings. The van der Waals surface area contributed by atoms with Crippen molar-refractivity contribution >= 4 is 21.6 Å². The van der Waals surface area contributed by atoms with E-state index in [0.29, 0.717) is 12.1 Å². The van der Waals surface area contributed by atoms with Gasteiger partial charge in [0, 0.05) is 19.5 Å². The van der Waals surface area contributed by atoms with E-state index < -0.39 is 21.6 Å². The van der Waals surface area contributed by atoms with E-state index in [2.05, 4.69) is 24.9 Å². The molecule has 1 aliphatic heterocycles. The number of aromatic nitrogens is 3. The van der Waals surface area contributed by atoms with Crippen molar-refractivity contribution in [3.8, 4) is 34.2 Å². The van der Waals surface area contributed by atoms with Crippen LogP contribution in [0.4, 0.5) is 0 Å². The summed E-state index contributed by atoms with van der Waals surface area (Å²) in [5, 5.41) is 10.3. The zero-order chi connectivity index (χ0) is 24.8. The number of benzene rings is 1. The SMILES string of the molecule is CCNC(=O)c1noc(-c2cc(C(C)C)c3cc2OP(=O)(OP(=O)(O)O)O3)c1-c1noc(C)n1. The van der Waals surface area contributed by atoms with E-state index in [1.54, 1.807) is 19.9 Å². The summed E-state index contributed by atoms with van der Waals surface area (Å²) in [5.41, 5.74) is 0.567. The second kappa shape index (κ2) is 8.64. The van der Waals surface area contributed by atoms with E-state index in [4.69, 9.17) is 18.1 Å². The molecular weight excluding hydrogens is 494 g/mol. The van der Waals surface area contributed by atoms with Crippen molar-refractivity contribution in [2.75, 3.05) is 6.54 Å². The quantitative estimate of drug-likeness (QED) is 0.387. The van der Waals surface area contributed by atoms with Crippen molar-refractivity contribution in [1.82, 2.24) is 20.6 Å². The van der Waals surface area contributed by atoms with E-state index in [-0.39, 0.29) is 51.7 Å². The van der Waals surface area contributed by atoms with Gasteiger partial charge in [-0.05, 0) is 24.5 Å². The highest BCUT2D eigenvalue weighted by atomic mass is 31.3. The number of phosphoric acid groups is 2. The van der Waals surface area contributed by atoms with Gasteiger partial charge in [0.05, 0.1) is 5.56 Å². The summed E-state index contributed by atoms with van der Waals surface area (Å²) in [6.45, 7) is 7.22. The second-order valence-corrected chi connectivity index (χ2v) is 10.4. The van der Waals surface area contributed by atoms with Crippen LogP contribution < -0.4 is 14.4 Å². The Bertz CT molecular complexity index is 1360. The summed E-state index contributed by atoms with van der Waals surface area (Å²) in [6, 6.07) is 2.96. The lowest BCUT2D eigenvalue weighted by molar-refractivity contribution is 0.0947. The van der Waals surface area contributed by atoms with E-state index in [0.717, 1.165) is 0 Å². The van der Waals surface area contributed by atoms with Crippen LogP contribution >= 0.6 is 15.6 Å². The Morgan fingerprint density at radius 3 is 2.50 bits per heavy atom. The molecule has 2 aromatic heterocycles. The fourth-order valence-electron chi connectivity index (χ4n) is 3.27. The molecule has 4 rings (SSSR count). The van der Waals surface area contributed by atoms with E-state index in [1.165, 1.54) is 6.07 Å². The summed E-state index contributed by atoms with van der Waals surface area (Å²) in [6.07, 6.45) is 0. The van der Waals surface area contributed by atoms with Crippen LogP contribution in [0.15, 0.2) is 21.2 Å². The minimum Gasteiger partial charge on any atom is -0.394 e. The Kier molecular flexibility index (Phi) is 6.13. The second-order valence-electron chi connectivity index (χ2n) is 7.47. The van der Waals surface area contributed by atoms with Crippen molar-refractivity contribution in [2.45, 2.75) is 33.6 Å². The third-order valence-electron chi connectivity index (χ3n) is 4.60. The third kappa shape index (κ3) is 4.63. The highest BCUT2D eigenvalue weighted by molar-refractivity contribution is 7.61. The zero-order valence-corrected chi connectivity index (χ0v) is 20.1. The number of carbonyl (C=O) groups is 1. The lowest BCUT2D eigenvalue weighted by Gasteiger charge is -2.27. The molecule has 0 radical (unpaired) electrons. The molecule has 0 saturated carbocycles. The van der Waals surface area contributed by atoms with Gasteiger partial charge in [-0.25, -0.2) is 9.13 Å². The summed E-state index contributed by atoms with van der Waals surface area (Å²) < 4.78 is 49.6. The molecule has 14 nitrogen and oxygen atoms in total. The number of hydrogen-bond donors (Lipinski definition) is 3. The van der Waals surface area contributed by atoms with Crippen LogP contribution in [0.1, 0.15) is 48.6 Å². The Labute approximate surface area is 192 Å². The van der Waals surface area contributed by atoms with Crippen molar-refractivity contribution < 1.29 is 46.1 Å². The molecule has 34 heavy (non-hydrogen) atoms. The number of carbonyl (C=O) groups excluding carboxylic acids is 1. The molecule has 3 N–H and O–H groups in total. The van der Waals surface area contributed by atoms with Crippen LogP contribution in [-0.2, 0) is 13.4 Å². The number of fused-ring (bicyclic) bond motifs is 2. The van der Waals surface area contributed by atoms with Crippen LogP contribution in [0.25, 0.3) is 22.7 Å². The molecular formula is C18H20N4O10P2. The van der Waals surface area contributed by atoms with Crippen LogP contribution in [-0.4, -0.2) is 37.5 Å². The Balaban J connectivity index is 1.94. The number of hydrogen-bond acceptors (Lipinski definition) is 11.